The van der Waals surface area contributed by atoms with Gasteiger partial charge in [-0.2, -0.15) is 0 Å². The Hall–Kier alpha value is -0.120. The highest BCUT2D eigenvalue weighted by molar-refractivity contribution is 4.87. The SMILES string of the molecule is CC(C)(C)C1CCN(CC2(CO)CCOCC2)CC1. The Balaban J connectivity index is 1.84. The Labute approximate surface area is 118 Å². The molecule has 0 amide bonds. The lowest BCUT2D eigenvalue weighted by Gasteiger charge is -2.44. The van der Waals surface area contributed by atoms with Crippen LogP contribution in [-0.2, 0) is 4.74 Å². The Morgan fingerprint density at radius 3 is 2.21 bits per heavy atom. The van der Waals surface area contributed by atoms with Gasteiger partial charge in [-0.3, -0.25) is 0 Å². The summed E-state index contributed by atoms with van der Waals surface area (Å²) in [5, 5.41) is 9.77. The summed E-state index contributed by atoms with van der Waals surface area (Å²) in [5.41, 5.74) is 0.548. The predicted molar refractivity (Wildman–Crippen MR) is 78.2 cm³/mol. The number of hydrogen-bond donors (Lipinski definition) is 1. The largest absolute Gasteiger partial charge is 0.396 e. The van der Waals surface area contributed by atoms with E-state index in [1.807, 2.05) is 0 Å². The molecule has 0 bridgehead atoms. The Kier molecular flexibility index (Phi) is 4.91. The summed E-state index contributed by atoms with van der Waals surface area (Å²) in [7, 11) is 0. The number of nitrogens with zero attached hydrogens (tertiary/aromatic N) is 1. The average Bonchev–Trinajstić information content (AvgIpc) is 2.39. The fraction of sp³-hybridized carbons (Fsp3) is 1.00. The summed E-state index contributed by atoms with van der Waals surface area (Å²) in [6, 6.07) is 0. The lowest BCUT2D eigenvalue weighted by Crippen LogP contribution is -2.47. The van der Waals surface area contributed by atoms with E-state index >= 15 is 0 Å². The van der Waals surface area contributed by atoms with Crippen molar-refractivity contribution in [3.05, 3.63) is 0 Å². The van der Waals surface area contributed by atoms with Gasteiger partial charge in [0, 0.05) is 25.2 Å². The molecule has 0 atom stereocenters. The molecule has 112 valence electrons. The number of piperidine rings is 1. The van der Waals surface area contributed by atoms with E-state index in [1.165, 1.54) is 25.9 Å². The van der Waals surface area contributed by atoms with Crippen LogP contribution in [0, 0.1) is 16.7 Å². The molecule has 2 aliphatic rings. The average molecular weight is 269 g/mol. The second-order valence-electron chi connectivity index (χ2n) is 7.69. The van der Waals surface area contributed by atoms with E-state index in [0.29, 0.717) is 12.0 Å². The molecule has 2 heterocycles. The first kappa shape index (κ1) is 15.3. The van der Waals surface area contributed by atoms with Crippen LogP contribution in [0.25, 0.3) is 0 Å². The molecular formula is C16H31NO2. The van der Waals surface area contributed by atoms with Gasteiger partial charge in [0.15, 0.2) is 0 Å². The molecule has 2 rings (SSSR count). The van der Waals surface area contributed by atoms with Crippen molar-refractivity contribution in [3.63, 3.8) is 0 Å². The van der Waals surface area contributed by atoms with Crippen molar-refractivity contribution in [2.45, 2.75) is 46.5 Å². The highest BCUT2D eigenvalue weighted by Gasteiger charge is 2.36. The van der Waals surface area contributed by atoms with Crippen LogP contribution in [-0.4, -0.2) is 49.5 Å². The van der Waals surface area contributed by atoms with Gasteiger partial charge in [0.25, 0.3) is 0 Å². The quantitative estimate of drug-likeness (QED) is 0.854. The van der Waals surface area contributed by atoms with Crippen LogP contribution in [0.4, 0.5) is 0 Å². The third-order valence-corrected chi connectivity index (χ3v) is 5.26. The first-order valence-electron chi connectivity index (χ1n) is 7.86. The summed E-state index contributed by atoms with van der Waals surface area (Å²) >= 11 is 0. The van der Waals surface area contributed by atoms with Crippen molar-refractivity contribution in [3.8, 4) is 0 Å². The fourth-order valence-electron chi connectivity index (χ4n) is 3.60. The van der Waals surface area contributed by atoms with E-state index in [9.17, 15) is 5.11 Å². The number of likely N-dealkylation sites (tertiary alicyclic amines) is 1. The van der Waals surface area contributed by atoms with Gasteiger partial charge in [-0.05, 0) is 50.1 Å². The molecule has 0 aromatic heterocycles. The van der Waals surface area contributed by atoms with E-state index in [2.05, 4.69) is 25.7 Å². The van der Waals surface area contributed by atoms with Crippen LogP contribution < -0.4 is 0 Å². The normalized spacial score (nSPS) is 26.5. The molecule has 0 radical (unpaired) electrons. The molecule has 1 N–H and O–H groups in total. The molecule has 2 fully saturated rings. The smallest absolute Gasteiger partial charge is 0.0501 e. The molecule has 0 aliphatic carbocycles. The minimum absolute atomic E-state index is 0.104. The molecule has 3 heteroatoms. The van der Waals surface area contributed by atoms with Gasteiger partial charge in [-0.25, -0.2) is 0 Å². The summed E-state index contributed by atoms with van der Waals surface area (Å²) < 4.78 is 5.45. The zero-order valence-corrected chi connectivity index (χ0v) is 13.0. The molecular weight excluding hydrogens is 238 g/mol. The number of aliphatic hydroxyl groups is 1. The van der Waals surface area contributed by atoms with E-state index in [1.54, 1.807) is 0 Å². The summed E-state index contributed by atoms with van der Waals surface area (Å²) in [6.07, 6.45) is 4.65. The Morgan fingerprint density at radius 2 is 1.74 bits per heavy atom. The maximum atomic E-state index is 9.77. The van der Waals surface area contributed by atoms with E-state index in [-0.39, 0.29) is 5.41 Å². The van der Waals surface area contributed by atoms with Crippen molar-refractivity contribution in [2.75, 3.05) is 39.5 Å². The monoisotopic (exact) mass is 269 g/mol. The number of aliphatic hydroxyl groups excluding tert-OH is 1. The van der Waals surface area contributed by atoms with E-state index in [0.717, 1.165) is 38.5 Å². The van der Waals surface area contributed by atoms with E-state index in [4.69, 9.17) is 4.74 Å². The fourth-order valence-corrected chi connectivity index (χ4v) is 3.60. The molecule has 0 spiro atoms. The van der Waals surface area contributed by atoms with Crippen molar-refractivity contribution in [1.82, 2.24) is 4.90 Å². The third-order valence-electron chi connectivity index (χ3n) is 5.26. The number of rotatable bonds is 3. The molecule has 0 aromatic rings. The first-order valence-corrected chi connectivity index (χ1v) is 7.86. The highest BCUT2D eigenvalue weighted by atomic mass is 16.5. The molecule has 0 unspecified atom stereocenters. The van der Waals surface area contributed by atoms with Crippen molar-refractivity contribution < 1.29 is 9.84 Å². The highest BCUT2D eigenvalue weighted by Crippen LogP contribution is 2.36. The van der Waals surface area contributed by atoms with Crippen LogP contribution in [0.15, 0.2) is 0 Å². The van der Waals surface area contributed by atoms with Gasteiger partial charge in [0.1, 0.15) is 0 Å². The van der Waals surface area contributed by atoms with Crippen LogP contribution in [0.3, 0.4) is 0 Å². The lowest BCUT2D eigenvalue weighted by molar-refractivity contribution is -0.0410. The third kappa shape index (κ3) is 3.93. The standard InChI is InChI=1S/C16H31NO2/c1-15(2,3)14-4-8-17(9-5-14)12-16(13-18)6-10-19-11-7-16/h14,18H,4-13H2,1-3H3. The molecule has 0 aromatic carbocycles. The van der Waals surface area contributed by atoms with Crippen molar-refractivity contribution in [2.24, 2.45) is 16.7 Å². The van der Waals surface area contributed by atoms with Gasteiger partial charge in [0.2, 0.25) is 0 Å². The summed E-state index contributed by atoms with van der Waals surface area (Å²) in [6.45, 7) is 12.5. The predicted octanol–water partition coefficient (Wildman–Crippen LogP) is 2.53. The maximum absolute atomic E-state index is 9.77. The lowest BCUT2D eigenvalue weighted by atomic mass is 9.74. The van der Waals surface area contributed by atoms with Gasteiger partial charge in [-0.15, -0.1) is 0 Å². The zero-order chi connectivity index (χ0) is 13.9. The summed E-state index contributed by atoms with van der Waals surface area (Å²) in [5.74, 6) is 0.850. The molecule has 19 heavy (non-hydrogen) atoms. The van der Waals surface area contributed by atoms with Gasteiger partial charge >= 0.3 is 0 Å². The van der Waals surface area contributed by atoms with Crippen LogP contribution >= 0.6 is 0 Å². The topological polar surface area (TPSA) is 32.7 Å². The minimum atomic E-state index is 0.104. The van der Waals surface area contributed by atoms with Gasteiger partial charge in [0.05, 0.1) is 6.61 Å². The second kappa shape index (κ2) is 6.11. The first-order chi connectivity index (χ1) is 8.95. The van der Waals surface area contributed by atoms with Crippen molar-refractivity contribution in [1.29, 1.82) is 0 Å². The van der Waals surface area contributed by atoms with Gasteiger partial charge < -0.3 is 14.7 Å². The second-order valence-corrected chi connectivity index (χ2v) is 7.69. The maximum Gasteiger partial charge on any atom is 0.0501 e. The molecule has 2 aliphatic heterocycles. The van der Waals surface area contributed by atoms with Crippen LogP contribution in [0.2, 0.25) is 0 Å². The van der Waals surface area contributed by atoms with Crippen LogP contribution in [0.5, 0.6) is 0 Å². The number of hydrogen-bond acceptors (Lipinski definition) is 3. The van der Waals surface area contributed by atoms with Crippen LogP contribution in [0.1, 0.15) is 46.5 Å². The van der Waals surface area contributed by atoms with Crippen molar-refractivity contribution >= 4 is 0 Å². The molecule has 2 saturated heterocycles. The Morgan fingerprint density at radius 1 is 1.16 bits per heavy atom. The molecule has 3 nitrogen and oxygen atoms in total. The zero-order valence-electron chi connectivity index (χ0n) is 13.0. The van der Waals surface area contributed by atoms with Gasteiger partial charge in [-0.1, -0.05) is 20.8 Å². The number of ether oxygens (including phenoxy) is 1. The minimum Gasteiger partial charge on any atom is -0.396 e. The summed E-state index contributed by atoms with van der Waals surface area (Å²) in [4.78, 5) is 2.57. The molecule has 0 saturated carbocycles. The Bertz CT molecular complexity index is 271. The van der Waals surface area contributed by atoms with E-state index < -0.39 is 0 Å².